The fourth-order valence-corrected chi connectivity index (χ4v) is 4.90. The third-order valence-electron chi connectivity index (χ3n) is 5.74. The van der Waals surface area contributed by atoms with Crippen LogP contribution in [-0.2, 0) is 14.8 Å². The van der Waals surface area contributed by atoms with Gasteiger partial charge in [-0.1, -0.05) is 48.0 Å². The molecule has 4 rings (SSSR count). The highest BCUT2D eigenvalue weighted by molar-refractivity contribution is 7.89. The van der Waals surface area contributed by atoms with Crippen LogP contribution in [0.4, 0.5) is 5.69 Å². The number of primary sulfonamides is 1. The summed E-state index contributed by atoms with van der Waals surface area (Å²) in [7, 11) is -3.87. The van der Waals surface area contributed by atoms with Gasteiger partial charge in [0.25, 0.3) is 5.91 Å². The Hall–Kier alpha value is -3.49. The third kappa shape index (κ3) is 4.97. The quantitative estimate of drug-likeness (QED) is 0.603. The topological polar surface area (TPSA) is 110 Å². The maximum absolute atomic E-state index is 13.0. The summed E-state index contributed by atoms with van der Waals surface area (Å²) in [6.07, 6.45) is 1.36. The van der Waals surface area contributed by atoms with Gasteiger partial charge in [0.2, 0.25) is 15.9 Å². The Bertz CT molecular complexity index is 1300. The predicted molar refractivity (Wildman–Crippen MR) is 127 cm³/mol. The number of rotatable bonds is 5. The van der Waals surface area contributed by atoms with Crippen molar-refractivity contribution in [3.63, 3.8) is 0 Å². The molecule has 0 spiro atoms. The first-order valence-electron chi connectivity index (χ1n) is 10.6. The van der Waals surface area contributed by atoms with Crippen LogP contribution in [0.1, 0.15) is 28.8 Å². The number of hydrogen-bond donors (Lipinski definition) is 2. The lowest BCUT2D eigenvalue weighted by atomic mass is 10.1. The van der Waals surface area contributed by atoms with Crippen LogP contribution in [-0.4, -0.2) is 37.7 Å². The van der Waals surface area contributed by atoms with E-state index in [-0.39, 0.29) is 16.7 Å². The summed E-state index contributed by atoms with van der Waals surface area (Å²) in [6, 6.07) is 20.2. The van der Waals surface area contributed by atoms with E-state index in [0.717, 1.165) is 12.0 Å². The molecule has 33 heavy (non-hydrogen) atoms. The Morgan fingerprint density at radius 1 is 1.00 bits per heavy atom. The second kappa shape index (κ2) is 9.17. The highest BCUT2D eigenvalue weighted by Gasteiger charge is 2.34. The molecule has 1 heterocycles. The van der Waals surface area contributed by atoms with Crippen molar-refractivity contribution in [2.45, 2.75) is 30.7 Å². The van der Waals surface area contributed by atoms with Crippen molar-refractivity contribution in [2.75, 3.05) is 11.9 Å². The Balaban J connectivity index is 1.50. The number of carbonyl (C=O) groups excluding carboxylic acids is 2. The van der Waals surface area contributed by atoms with Gasteiger partial charge in [-0.3, -0.25) is 9.59 Å². The summed E-state index contributed by atoms with van der Waals surface area (Å²) in [6.45, 7) is 2.46. The fourth-order valence-electron chi connectivity index (χ4n) is 4.14. The predicted octanol–water partition coefficient (Wildman–Crippen LogP) is 3.55. The maximum atomic E-state index is 13.0. The second-order valence-corrected chi connectivity index (χ2v) is 9.66. The van der Waals surface area contributed by atoms with Crippen molar-refractivity contribution in [3.05, 3.63) is 83.9 Å². The molecule has 7 nitrogen and oxygen atoms in total. The second-order valence-electron chi connectivity index (χ2n) is 8.13. The Morgan fingerprint density at radius 2 is 1.73 bits per heavy atom. The summed E-state index contributed by atoms with van der Waals surface area (Å²) >= 11 is 0. The van der Waals surface area contributed by atoms with Crippen molar-refractivity contribution in [2.24, 2.45) is 5.14 Å². The number of carbonyl (C=O) groups is 2. The van der Waals surface area contributed by atoms with E-state index in [1.807, 2.05) is 25.1 Å². The van der Waals surface area contributed by atoms with E-state index in [1.165, 1.54) is 6.07 Å². The lowest BCUT2D eigenvalue weighted by Gasteiger charge is -2.24. The molecular weight excluding hydrogens is 438 g/mol. The molecule has 1 fully saturated rings. The van der Waals surface area contributed by atoms with Crippen molar-refractivity contribution in [3.8, 4) is 11.1 Å². The van der Waals surface area contributed by atoms with E-state index in [9.17, 15) is 18.0 Å². The summed E-state index contributed by atoms with van der Waals surface area (Å²) in [5.74, 6) is -0.391. The molecule has 3 aromatic carbocycles. The molecule has 0 bridgehead atoms. The molecule has 3 aromatic rings. The van der Waals surface area contributed by atoms with Crippen LogP contribution >= 0.6 is 0 Å². The van der Waals surface area contributed by atoms with Crippen molar-refractivity contribution >= 4 is 27.5 Å². The standard InChI is InChI=1S/C25H25N3O4S/c1-17-6-4-7-19(16-17)25(30)28-15-5-9-22(28)24(29)27-20-13-11-18(12-14-20)21-8-2-3-10-23(21)33(26,31)32/h2-4,6-8,10-14,16,22H,5,9,15H2,1H3,(H,27,29)(H2,26,31,32). The van der Waals surface area contributed by atoms with Crippen LogP contribution in [0.5, 0.6) is 0 Å². The SMILES string of the molecule is Cc1cccc(C(=O)N2CCCC2C(=O)Nc2ccc(-c3ccccc3S(N)(=O)=O)cc2)c1. The minimum Gasteiger partial charge on any atom is -0.327 e. The molecule has 3 N–H and O–H groups in total. The van der Waals surface area contributed by atoms with E-state index in [4.69, 9.17) is 5.14 Å². The average molecular weight is 464 g/mol. The molecule has 1 atom stereocenters. The number of nitrogens with one attached hydrogen (secondary N) is 1. The Kier molecular flexibility index (Phi) is 6.31. The van der Waals surface area contributed by atoms with Crippen LogP contribution in [0.15, 0.2) is 77.7 Å². The zero-order valence-corrected chi connectivity index (χ0v) is 19.0. The average Bonchev–Trinajstić information content (AvgIpc) is 3.29. The molecule has 8 heteroatoms. The number of amides is 2. The monoisotopic (exact) mass is 463 g/mol. The summed E-state index contributed by atoms with van der Waals surface area (Å²) in [5.41, 5.74) is 3.28. The van der Waals surface area contributed by atoms with E-state index in [2.05, 4.69) is 5.32 Å². The minimum absolute atomic E-state index is 0.0399. The molecule has 0 aliphatic carbocycles. The molecule has 1 saturated heterocycles. The number of likely N-dealkylation sites (tertiary alicyclic amines) is 1. The molecule has 2 amide bonds. The number of anilines is 1. The number of benzene rings is 3. The number of sulfonamides is 1. The smallest absolute Gasteiger partial charge is 0.254 e. The lowest BCUT2D eigenvalue weighted by Crippen LogP contribution is -2.43. The molecule has 0 radical (unpaired) electrons. The van der Waals surface area contributed by atoms with Gasteiger partial charge in [0.05, 0.1) is 4.90 Å². The third-order valence-corrected chi connectivity index (χ3v) is 6.71. The van der Waals surface area contributed by atoms with Crippen LogP contribution in [0.25, 0.3) is 11.1 Å². The summed E-state index contributed by atoms with van der Waals surface area (Å²) in [5, 5.41) is 8.21. The van der Waals surface area contributed by atoms with E-state index < -0.39 is 16.1 Å². The van der Waals surface area contributed by atoms with Crippen molar-refractivity contribution < 1.29 is 18.0 Å². The zero-order valence-electron chi connectivity index (χ0n) is 18.2. The van der Waals surface area contributed by atoms with Crippen LogP contribution in [0.3, 0.4) is 0 Å². The number of nitrogens with two attached hydrogens (primary N) is 1. The molecule has 0 saturated carbocycles. The molecule has 0 aromatic heterocycles. The highest BCUT2D eigenvalue weighted by Crippen LogP contribution is 2.28. The van der Waals surface area contributed by atoms with Gasteiger partial charge in [0.15, 0.2) is 0 Å². The van der Waals surface area contributed by atoms with Gasteiger partial charge in [-0.05, 0) is 55.7 Å². The normalized spacial score (nSPS) is 15.9. The first-order valence-corrected chi connectivity index (χ1v) is 12.2. The number of hydrogen-bond acceptors (Lipinski definition) is 4. The van der Waals surface area contributed by atoms with Gasteiger partial charge in [-0.25, -0.2) is 13.6 Å². The van der Waals surface area contributed by atoms with E-state index in [1.54, 1.807) is 53.4 Å². The largest absolute Gasteiger partial charge is 0.327 e. The van der Waals surface area contributed by atoms with E-state index in [0.29, 0.717) is 35.3 Å². The lowest BCUT2D eigenvalue weighted by molar-refractivity contribution is -0.119. The van der Waals surface area contributed by atoms with Gasteiger partial charge >= 0.3 is 0 Å². The first kappa shape index (κ1) is 22.7. The number of aryl methyl sites for hydroxylation is 1. The van der Waals surface area contributed by atoms with E-state index >= 15 is 0 Å². The first-order chi connectivity index (χ1) is 15.7. The highest BCUT2D eigenvalue weighted by atomic mass is 32.2. The minimum atomic E-state index is -3.87. The Morgan fingerprint density at radius 3 is 2.42 bits per heavy atom. The van der Waals surface area contributed by atoms with Gasteiger partial charge < -0.3 is 10.2 Å². The summed E-state index contributed by atoms with van der Waals surface area (Å²) < 4.78 is 23.8. The number of nitrogens with zero attached hydrogens (tertiary/aromatic N) is 1. The summed E-state index contributed by atoms with van der Waals surface area (Å²) in [4.78, 5) is 27.6. The molecule has 1 aliphatic heterocycles. The van der Waals surface area contributed by atoms with Gasteiger partial charge in [-0.2, -0.15) is 0 Å². The molecule has 1 unspecified atom stereocenters. The van der Waals surface area contributed by atoms with Gasteiger partial charge in [0, 0.05) is 23.4 Å². The van der Waals surface area contributed by atoms with Gasteiger partial charge in [-0.15, -0.1) is 0 Å². The van der Waals surface area contributed by atoms with Gasteiger partial charge in [0.1, 0.15) is 6.04 Å². The Labute approximate surface area is 193 Å². The zero-order chi connectivity index (χ0) is 23.6. The van der Waals surface area contributed by atoms with Crippen molar-refractivity contribution in [1.29, 1.82) is 0 Å². The molecule has 1 aliphatic rings. The molecule has 170 valence electrons. The van der Waals surface area contributed by atoms with Crippen molar-refractivity contribution in [1.82, 2.24) is 4.90 Å². The fraction of sp³-hybridized carbons (Fsp3) is 0.200. The van der Waals surface area contributed by atoms with Crippen LogP contribution < -0.4 is 10.5 Å². The maximum Gasteiger partial charge on any atom is 0.254 e. The van der Waals surface area contributed by atoms with Crippen LogP contribution in [0.2, 0.25) is 0 Å². The molecular formula is C25H25N3O4S. The van der Waals surface area contributed by atoms with Crippen LogP contribution in [0, 0.1) is 6.92 Å².